The molecule has 1 aliphatic carbocycles. The van der Waals surface area contributed by atoms with Gasteiger partial charge >= 0.3 is 6.09 Å². The first-order chi connectivity index (χ1) is 19.8. The summed E-state index contributed by atoms with van der Waals surface area (Å²) in [5.41, 5.74) is 5.67. The number of para-hydroxylation sites is 1. The molecule has 0 bridgehead atoms. The zero-order chi connectivity index (χ0) is 30.6. The quantitative estimate of drug-likeness (QED) is 0.325. The minimum atomic E-state index is -0.722. The highest BCUT2D eigenvalue weighted by atomic mass is 35.5. The van der Waals surface area contributed by atoms with Crippen LogP contribution in [-0.4, -0.2) is 63.2 Å². The second kappa shape index (κ2) is 12.8. The van der Waals surface area contributed by atoms with Gasteiger partial charge in [-0.3, -0.25) is 19.1 Å². The molecule has 0 radical (unpaired) electrons. The largest absolute Gasteiger partial charge is 0.444 e. The van der Waals surface area contributed by atoms with E-state index in [1.54, 1.807) is 51.1 Å². The van der Waals surface area contributed by atoms with Gasteiger partial charge in [0.05, 0.1) is 17.1 Å². The van der Waals surface area contributed by atoms with Crippen LogP contribution in [0.2, 0.25) is 5.02 Å². The van der Waals surface area contributed by atoms with E-state index in [1.807, 2.05) is 0 Å². The number of primary amides is 1. The molecular weight excluding hydrogens is 567 g/mol. The van der Waals surface area contributed by atoms with Crippen molar-refractivity contribution in [2.24, 2.45) is 11.7 Å². The van der Waals surface area contributed by atoms with Crippen molar-refractivity contribution in [1.82, 2.24) is 25.3 Å². The second-order valence-electron chi connectivity index (χ2n) is 11.3. The van der Waals surface area contributed by atoms with Crippen molar-refractivity contribution >= 4 is 46.3 Å². The van der Waals surface area contributed by atoms with Gasteiger partial charge in [0.15, 0.2) is 5.69 Å². The average Bonchev–Trinajstić information content (AvgIpc) is 3.25. The van der Waals surface area contributed by atoms with Crippen LogP contribution in [0.15, 0.2) is 42.5 Å². The molecular formula is C29H34ClFN6O5. The molecule has 13 heteroatoms. The van der Waals surface area contributed by atoms with Crippen molar-refractivity contribution in [3.63, 3.8) is 0 Å². The van der Waals surface area contributed by atoms with E-state index in [2.05, 4.69) is 15.7 Å². The van der Waals surface area contributed by atoms with E-state index < -0.39 is 35.2 Å². The Morgan fingerprint density at radius 3 is 2.55 bits per heavy atom. The molecule has 3 aromatic rings. The predicted octanol–water partition coefficient (Wildman–Crippen LogP) is 3.38. The third kappa shape index (κ3) is 7.75. The van der Waals surface area contributed by atoms with Crippen LogP contribution in [0.5, 0.6) is 0 Å². The van der Waals surface area contributed by atoms with E-state index in [4.69, 9.17) is 22.1 Å². The molecule has 224 valence electrons. The average molecular weight is 601 g/mol. The lowest BCUT2D eigenvalue weighted by molar-refractivity contribution is -0.137. The normalized spacial score (nSPS) is 16.4. The summed E-state index contributed by atoms with van der Waals surface area (Å²) in [5, 5.41) is 10.2. The van der Waals surface area contributed by atoms with Gasteiger partial charge in [-0.25, -0.2) is 9.18 Å². The van der Waals surface area contributed by atoms with Crippen LogP contribution in [-0.2, 0) is 27.4 Å². The minimum absolute atomic E-state index is 0.0163. The number of benzene rings is 2. The number of amides is 4. The maximum atomic E-state index is 14.3. The smallest absolute Gasteiger partial charge is 0.407 e. The fourth-order valence-corrected chi connectivity index (χ4v) is 5.00. The molecule has 0 aliphatic heterocycles. The number of hydrogen-bond donors (Lipinski definition) is 3. The van der Waals surface area contributed by atoms with Gasteiger partial charge in [-0.05, 0) is 51.7 Å². The molecule has 0 unspecified atom stereocenters. The number of alkyl carbamates (subject to hydrolysis) is 1. The van der Waals surface area contributed by atoms with Gasteiger partial charge in [0.2, 0.25) is 11.8 Å². The lowest BCUT2D eigenvalue weighted by Gasteiger charge is -2.39. The summed E-state index contributed by atoms with van der Waals surface area (Å²) >= 11 is 5.84. The summed E-state index contributed by atoms with van der Waals surface area (Å²) in [7, 11) is 0. The van der Waals surface area contributed by atoms with Crippen LogP contribution in [0.3, 0.4) is 0 Å². The van der Waals surface area contributed by atoms with Crippen molar-refractivity contribution in [3.8, 4) is 0 Å². The Hall–Kier alpha value is -4.19. The fraction of sp³-hybridized carbons (Fsp3) is 0.414. The molecule has 11 nitrogen and oxygen atoms in total. The minimum Gasteiger partial charge on any atom is -0.444 e. The summed E-state index contributed by atoms with van der Waals surface area (Å²) in [6, 6.07) is 11.3. The fourth-order valence-electron chi connectivity index (χ4n) is 4.81. The Morgan fingerprint density at radius 1 is 1.14 bits per heavy atom. The summed E-state index contributed by atoms with van der Waals surface area (Å²) in [4.78, 5) is 51.9. The van der Waals surface area contributed by atoms with Crippen molar-refractivity contribution in [3.05, 3.63) is 64.6 Å². The van der Waals surface area contributed by atoms with Gasteiger partial charge < -0.3 is 26.0 Å². The number of ether oxygens (including phenoxy) is 1. The van der Waals surface area contributed by atoms with Crippen LogP contribution in [0.1, 0.15) is 49.7 Å². The first-order valence-corrected chi connectivity index (χ1v) is 13.9. The van der Waals surface area contributed by atoms with Gasteiger partial charge in [-0.1, -0.05) is 41.9 Å². The summed E-state index contributed by atoms with van der Waals surface area (Å²) in [6.45, 7) is 4.94. The van der Waals surface area contributed by atoms with Gasteiger partial charge in [-0.2, -0.15) is 5.10 Å². The van der Waals surface area contributed by atoms with Crippen LogP contribution in [0.4, 0.5) is 9.18 Å². The number of aromatic nitrogens is 2. The summed E-state index contributed by atoms with van der Waals surface area (Å²) < 4.78 is 21.0. The first-order valence-electron chi connectivity index (χ1n) is 13.5. The Bertz CT molecular complexity index is 1500. The molecule has 0 spiro atoms. The van der Waals surface area contributed by atoms with E-state index in [9.17, 15) is 23.6 Å². The summed E-state index contributed by atoms with van der Waals surface area (Å²) in [5.74, 6) is -2.23. The molecule has 0 saturated heterocycles. The molecule has 4 amide bonds. The Morgan fingerprint density at radius 2 is 1.86 bits per heavy atom. The molecule has 2 aromatic carbocycles. The van der Waals surface area contributed by atoms with Crippen molar-refractivity contribution < 1.29 is 28.3 Å². The maximum absolute atomic E-state index is 14.3. The molecule has 1 saturated carbocycles. The van der Waals surface area contributed by atoms with E-state index >= 15 is 0 Å². The third-order valence-electron chi connectivity index (χ3n) is 6.81. The van der Waals surface area contributed by atoms with Crippen LogP contribution in [0.25, 0.3) is 10.9 Å². The van der Waals surface area contributed by atoms with Gasteiger partial charge in [0.1, 0.15) is 18.0 Å². The van der Waals surface area contributed by atoms with Gasteiger partial charge in [0, 0.05) is 30.1 Å². The Balaban J connectivity index is 1.44. The number of hydrogen-bond acceptors (Lipinski definition) is 6. The molecule has 1 fully saturated rings. The number of nitrogens with two attached hydrogens (primary N) is 1. The van der Waals surface area contributed by atoms with Crippen molar-refractivity contribution in [2.45, 2.75) is 58.3 Å². The lowest BCUT2D eigenvalue weighted by atomic mass is 9.80. The molecule has 1 heterocycles. The first kappa shape index (κ1) is 30.8. The molecule has 4 N–H and O–H groups in total. The zero-order valence-electron chi connectivity index (χ0n) is 23.7. The SMILES string of the molecule is CC(C)(C)OC(=O)N[C@H]1C[C@H](CN(CC(=O)NCc2cccc(Cl)c2F)C(=O)Cn2nc(C(N)=O)c3ccccc32)C1. The number of nitrogens with zero attached hydrogens (tertiary/aromatic N) is 3. The van der Waals surface area contributed by atoms with Crippen LogP contribution in [0, 0.1) is 11.7 Å². The number of fused-ring (bicyclic) bond motifs is 1. The topological polar surface area (TPSA) is 149 Å². The molecule has 1 aliphatic rings. The lowest BCUT2D eigenvalue weighted by Crippen LogP contribution is -2.51. The second-order valence-corrected chi connectivity index (χ2v) is 11.7. The van der Waals surface area contributed by atoms with Gasteiger partial charge in [0.25, 0.3) is 5.91 Å². The Kier molecular flexibility index (Phi) is 9.35. The zero-order valence-corrected chi connectivity index (χ0v) is 24.4. The van der Waals surface area contributed by atoms with Crippen molar-refractivity contribution in [1.29, 1.82) is 0 Å². The molecule has 0 atom stereocenters. The monoisotopic (exact) mass is 600 g/mol. The highest BCUT2D eigenvalue weighted by Gasteiger charge is 2.34. The van der Waals surface area contributed by atoms with Crippen LogP contribution >= 0.6 is 11.6 Å². The Labute approximate surface area is 247 Å². The van der Waals surface area contributed by atoms with Gasteiger partial charge in [-0.15, -0.1) is 0 Å². The van der Waals surface area contributed by atoms with Crippen LogP contribution < -0.4 is 16.4 Å². The molecule has 4 rings (SSSR count). The number of halogens is 2. The number of carbonyl (C=O) groups is 4. The standard InChI is InChI=1S/C29H34ClFN6O5/c1-29(2,3)42-28(41)34-19-11-17(12-19)14-36(15-23(38)33-13-18-7-6-9-21(30)25(18)31)24(39)16-37-22-10-5-4-8-20(22)26(35-37)27(32)40/h4-10,17,19H,11-16H2,1-3H3,(H2,32,40)(H,33,38)(H,34,41)/t17-,19-. The number of nitrogens with one attached hydrogen (secondary N) is 2. The van der Waals surface area contributed by atoms with E-state index in [0.29, 0.717) is 23.7 Å². The molecule has 42 heavy (non-hydrogen) atoms. The highest BCUT2D eigenvalue weighted by Crippen LogP contribution is 2.29. The third-order valence-corrected chi connectivity index (χ3v) is 7.10. The molecule has 1 aromatic heterocycles. The number of rotatable bonds is 10. The van der Waals surface area contributed by atoms with Crippen molar-refractivity contribution in [2.75, 3.05) is 13.1 Å². The highest BCUT2D eigenvalue weighted by molar-refractivity contribution is 6.30. The van der Waals surface area contributed by atoms with E-state index in [1.165, 1.54) is 21.7 Å². The van der Waals surface area contributed by atoms with E-state index in [-0.39, 0.29) is 54.4 Å². The number of carbonyl (C=O) groups excluding carboxylic acids is 4. The summed E-state index contributed by atoms with van der Waals surface area (Å²) in [6.07, 6.45) is 0.673. The predicted molar refractivity (Wildman–Crippen MR) is 154 cm³/mol. The van der Waals surface area contributed by atoms with E-state index in [0.717, 1.165) is 0 Å². The maximum Gasteiger partial charge on any atom is 0.407 e.